The summed E-state index contributed by atoms with van der Waals surface area (Å²) in [6.07, 6.45) is 3.63. The number of aromatic nitrogens is 3. The second kappa shape index (κ2) is 7.01. The fourth-order valence-corrected chi connectivity index (χ4v) is 3.68. The first kappa shape index (κ1) is 16.5. The van der Waals surface area contributed by atoms with Crippen molar-refractivity contribution < 1.29 is 9.59 Å². The molecule has 0 saturated carbocycles. The third-order valence-electron chi connectivity index (χ3n) is 3.63. The number of hydrogen-bond acceptors (Lipinski definition) is 6. The van der Waals surface area contributed by atoms with Gasteiger partial charge in [0, 0.05) is 19.0 Å². The van der Waals surface area contributed by atoms with E-state index in [1.807, 2.05) is 13.1 Å². The standard InChI is InChI=1S/C16H12ClN3S.CO2/c1-9-4-11-6-12-14(15(11)18-7-9)16(17)20-13(19-12)5-10-2-3-21-8-10;2-1-3/h2-4,7-8H,5-6H2,1H3;. The number of hydrogen-bond donors (Lipinski definition) is 0. The molecule has 0 saturated heterocycles. The molecule has 1 aliphatic carbocycles. The monoisotopic (exact) mass is 357 g/mol. The van der Waals surface area contributed by atoms with Gasteiger partial charge in [-0.05, 0) is 40.4 Å². The van der Waals surface area contributed by atoms with Crippen LogP contribution >= 0.6 is 22.9 Å². The van der Waals surface area contributed by atoms with Gasteiger partial charge in [0.25, 0.3) is 0 Å². The maximum absolute atomic E-state index is 8.12. The molecule has 0 atom stereocenters. The van der Waals surface area contributed by atoms with Crippen molar-refractivity contribution in [3.05, 3.63) is 62.5 Å². The number of aryl methyl sites for hydroxylation is 1. The first-order chi connectivity index (χ1) is 11.6. The zero-order valence-electron chi connectivity index (χ0n) is 12.7. The summed E-state index contributed by atoms with van der Waals surface area (Å²) in [5.74, 6) is 0.779. The summed E-state index contributed by atoms with van der Waals surface area (Å²) in [5, 5.41) is 4.69. The van der Waals surface area contributed by atoms with Crippen LogP contribution in [0.4, 0.5) is 0 Å². The van der Waals surface area contributed by atoms with E-state index in [0.29, 0.717) is 5.15 Å². The lowest BCUT2D eigenvalue weighted by Gasteiger charge is -2.05. The van der Waals surface area contributed by atoms with E-state index in [1.54, 1.807) is 11.3 Å². The molecule has 0 bridgehead atoms. The van der Waals surface area contributed by atoms with Crippen molar-refractivity contribution >= 4 is 29.1 Å². The van der Waals surface area contributed by atoms with E-state index in [-0.39, 0.29) is 6.15 Å². The predicted octanol–water partition coefficient (Wildman–Crippen LogP) is 3.47. The first-order valence-electron chi connectivity index (χ1n) is 7.14. The van der Waals surface area contributed by atoms with E-state index in [2.05, 4.69) is 32.9 Å². The van der Waals surface area contributed by atoms with Gasteiger partial charge in [-0.1, -0.05) is 17.7 Å². The quantitative estimate of drug-likeness (QED) is 0.513. The zero-order valence-corrected chi connectivity index (χ0v) is 14.3. The Balaban J connectivity index is 0.000000526. The van der Waals surface area contributed by atoms with Crippen molar-refractivity contribution in [1.29, 1.82) is 0 Å². The molecule has 7 heteroatoms. The molecule has 0 N–H and O–H groups in total. The van der Waals surface area contributed by atoms with Crippen LogP contribution in [0.5, 0.6) is 0 Å². The Hall–Kier alpha value is -2.40. The first-order valence-corrected chi connectivity index (χ1v) is 8.46. The molecular weight excluding hydrogens is 346 g/mol. The summed E-state index contributed by atoms with van der Waals surface area (Å²) < 4.78 is 0. The van der Waals surface area contributed by atoms with Crippen molar-refractivity contribution in [2.24, 2.45) is 0 Å². The maximum Gasteiger partial charge on any atom is 0.373 e. The molecule has 1 aliphatic rings. The molecule has 3 aromatic heterocycles. The van der Waals surface area contributed by atoms with Gasteiger partial charge in [-0.2, -0.15) is 20.9 Å². The fourth-order valence-electron chi connectivity index (χ4n) is 2.71. The van der Waals surface area contributed by atoms with Gasteiger partial charge in [0.15, 0.2) is 0 Å². The Morgan fingerprint density at radius 1 is 1.33 bits per heavy atom. The minimum atomic E-state index is 0.250. The molecule has 0 aromatic carbocycles. The van der Waals surface area contributed by atoms with Gasteiger partial charge in [-0.25, -0.2) is 9.97 Å². The van der Waals surface area contributed by atoms with Crippen molar-refractivity contribution in [2.45, 2.75) is 19.8 Å². The van der Waals surface area contributed by atoms with Gasteiger partial charge < -0.3 is 0 Å². The van der Waals surface area contributed by atoms with Gasteiger partial charge in [-0.15, -0.1) is 0 Å². The molecule has 0 amide bonds. The number of rotatable bonds is 2. The number of pyridine rings is 1. The molecule has 3 aromatic rings. The summed E-state index contributed by atoms with van der Waals surface area (Å²) in [6, 6.07) is 4.24. The van der Waals surface area contributed by atoms with Gasteiger partial charge in [0.1, 0.15) is 11.0 Å². The Morgan fingerprint density at radius 2 is 2.12 bits per heavy atom. The van der Waals surface area contributed by atoms with E-state index < -0.39 is 0 Å². The van der Waals surface area contributed by atoms with Gasteiger partial charge in [-0.3, -0.25) is 4.98 Å². The summed E-state index contributed by atoms with van der Waals surface area (Å²) in [5.41, 5.74) is 6.40. The molecule has 3 heterocycles. The predicted molar refractivity (Wildman–Crippen MR) is 89.9 cm³/mol. The fraction of sp³-hybridized carbons (Fsp3) is 0.176. The molecule has 120 valence electrons. The Bertz CT molecular complexity index is 920. The lowest BCUT2D eigenvalue weighted by Crippen LogP contribution is -2.00. The highest BCUT2D eigenvalue weighted by Crippen LogP contribution is 2.38. The van der Waals surface area contributed by atoms with Crippen molar-refractivity contribution in [3.63, 3.8) is 0 Å². The van der Waals surface area contributed by atoms with E-state index >= 15 is 0 Å². The van der Waals surface area contributed by atoms with E-state index in [4.69, 9.17) is 26.2 Å². The van der Waals surface area contributed by atoms with Crippen LogP contribution in [0.3, 0.4) is 0 Å². The number of carbonyl (C=O) groups excluding carboxylic acids is 2. The van der Waals surface area contributed by atoms with Crippen LogP contribution in [-0.2, 0) is 22.4 Å². The highest BCUT2D eigenvalue weighted by Gasteiger charge is 2.25. The maximum atomic E-state index is 8.12. The second-order valence-corrected chi connectivity index (χ2v) is 6.48. The molecule has 4 rings (SSSR count). The normalized spacial score (nSPS) is 11.1. The summed E-state index contributed by atoms with van der Waals surface area (Å²) >= 11 is 8.08. The third-order valence-corrected chi connectivity index (χ3v) is 4.63. The molecule has 0 fully saturated rings. The smallest absolute Gasteiger partial charge is 0.255 e. The largest absolute Gasteiger partial charge is 0.373 e. The van der Waals surface area contributed by atoms with Gasteiger partial charge >= 0.3 is 6.15 Å². The molecule has 24 heavy (non-hydrogen) atoms. The topological polar surface area (TPSA) is 72.8 Å². The summed E-state index contributed by atoms with van der Waals surface area (Å²) in [4.78, 5) is 29.9. The molecule has 0 radical (unpaired) electrons. The van der Waals surface area contributed by atoms with E-state index in [1.165, 1.54) is 11.1 Å². The summed E-state index contributed by atoms with van der Waals surface area (Å²) in [7, 11) is 0. The second-order valence-electron chi connectivity index (χ2n) is 5.34. The SMILES string of the molecule is Cc1cnc2c(c1)Cc1nc(Cc3ccsc3)nc(Cl)c1-2.O=C=O. The minimum Gasteiger partial charge on any atom is -0.255 e. The lowest BCUT2D eigenvalue weighted by molar-refractivity contribution is -0.191. The van der Waals surface area contributed by atoms with Crippen molar-refractivity contribution in [1.82, 2.24) is 15.0 Å². The lowest BCUT2D eigenvalue weighted by atomic mass is 10.1. The molecule has 0 unspecified atom stereocenters. The molecule has 5 nitrogen and oxygen atoms in total. The van der Waals surface area contributed by atoms with Crippen molar-refractivity contribution in [3.8, 4) is 11.3 Å². The number of nitrogens with zero attached hydrogens (tertiary/aromatic N) is 3. The van der Waals surface area contributed by atoms with E-state index in [9.17, 15) is 0 Å². The van der Waals surface area contributed by atoms with Crippen LogP contribution in [0.15, 0.2) is 29.1 Å². The molecule has 0 aliphatic heterocycles. The van der Waals surface area contributed by atoms with Gasteiger partial charge in [0.05, 0.1) is 17.0 Å². The average molecular weight is 358 g/mol. The number of thiophene rings is 1. The van der Waals surface area contributed by atoms with Crippen LogP contribution in [0.1, 0.15) is 28.2 Å². The average Bonchev–Trinajstić information content (AvgIpc) is 3.14. The Kier molecular flexibility index (Phi) is 4.81. The highest BCUT2D eigenvalue weighted by molar-refractivity contribution is 7.07. The van der Waals surface area contributed by atoms with E-state index in [0.717, 1.165) is 41.2 Å². The van der Waals surface area contributed by atoms with Gasteiger partial charge in [0.2, 0.25) is 0 Å². The van der Waals surface area contributed by atoms with Crippen LogP contribution in [-0.4, -0.2) is 21.1 Å². The minimum absolute atomic E-state index is 0.250. The third kappa shape index (κ3) is 3.26. The Morgan fingerprint density at radius 3 is 2.83 bits per heavy atom. The van der Waals surface area contributed by atoms with Crippen LogP contribution in [0.2, 0.25) is 5.15 Å². The Labute approximate surface area is 147 Å². The number of halogens is 1. The zero-order chi connectivity index (χ0) is 17.1. The molecular formula is C17H12ClN3O2S. The molecule has 0 spiro atoms. The van der Waals surface area contributed by atoms with Crippen LogP contribution in [0.25, 0.3) is 11.3 Å². The number of fused-ring (bicyclic) bond motifs is 3. The highest BCUT2D eigenvalue weighted by atomic mass is 35.5. The summed E-state index contributed by atoms with van der Waals surface area (Å²) in [6.45, 7) is 2.05. The van der Waals surface area contributed by atoms with Crippen LogP contribution < -0.4 is 0 Å². The van der Waals surface area contributed by atoms with Crippen molar-refractivity contribution in [2.75, 3.05) is 0 Å². The van der Waals surface area contributed by atoms with Crippen LogP contribution in [0, 0.1) is 6.92 Å².